The summed E-state index contributed by atoms with van der Waals surface area (Å²) in [6.07, 6.45) is 1.71. The van der Waals surface area contributed by atoms with Crippen molar-refractivity contribution in [3.05, 3.63) is 65.2 Å². The van der Waals surface area contributed by atoms with Crippen molar-refractivity contribution in [3.63, 3.8) is 0 Å². The highest BCUT2D eigenvalue weighted by molar-refractivity contribution is 5.78. The van der Waals surface area contributed by atoms with Gasteiger partial charge in [0.2, 0.25) is 0 Å². The highest BCUT2D eigenvalue weighted by Gasteiger charge is 2.29. The fourth-order valence-corrected chi connectivity index (χ4v) is 4.39. The monoisotopic (exact) mass is 366 g/mol. The van der Waals surface area contributed by atoms with E-state index in [0.29, 0.717) is 25.4 Å². The molecule has 1 saturated heterocycles. The van der Waals surface area contributed by atoms with Crippen LogP contribution in [0.5, 0.6) is 0 Å². The number of anilines is 1. The molecule has 0 radical (unpaired) electrons. The first-order valence-electron chi connectivity index (χ1n) is 9.50. The van der Waals surface area contributed by atoms with Crippen molar-refractivity contribution in [1.29, 1.82) is 0 Å². The van der Waals surface area contributed by atoms with Crippen LogP contribution in [0.25, 0.3) is 11.0 Å². The molecule has 27 heavy (non-hydrogen) atoms. The molecule has 1 unspecified atom stereocenters. The molecule has 2 aromatic carbocycles. The summed E-state index contributed by atoms with van der Waals surface area (Å²) in [5, 5.41) is 1.09. The fourth-order valence-electron chi connectivity index (χ4n) is 4.39. The number of rotatable bonds is 2. The second-order valence-corrected chi connectivity index (χ2v) is 7.53. The summed E-state index contributed by atoms with van der Waals surface area (Å²) in [4.78, 5) is 4.30. The van der Waals surface area contributed by atoms with Gasteiger partial charge in [-0.2, -0.15) is 0 Å². The third-order valence-electron chi connectivity index (χ3n) is 5.79. The maximum atomic E-state index is 15.5. The number of fused-ring (bicyclic) bond motifs is 2. The van der Waals surface area contributed by atoms with Gasteiger partial charge in [0.25, 0.3) is 0 Å². The van der Waals surface area contributed by atoms with E-state index in [-0.39, 0.29) is 11.7 Å². The molecule has 140 valence electrons. The zero-order valence-electron chi connectivity index (χ0n) is 15.5. The van der Waals surface area contributed by atoms with E-state index in [2.05, 4.69) is 35.0 Å². The Morgan fingerprint density at radius 1 is 1.07 bits per heavy atom. The van der Waals surface area contributed by atoms with Crippen LogP contribution in [0.1, 0.15) is 22.6 Å². The molecule has 0 spiro atoms. The van der Waals surface area contributed by atoms with E-state index in [9.17, 15) is 0 Å². The molecule has 5 heteroatoms. The number of nitrogens with zero attached hydrogens (tertiary/aromatic N) is 2. The summed E-state index contributed by atoms with van der Waals surface area (Å²) in [5.74, 6) is 0.0848. The van der Waals surface area contributed by atoms with Gasteiger partial charge in [-0.3, -0.25) is 0 Å². The molecule has 0 N–H and O–H groups in total. The Hall–Kier alpha value is -2.37. The first kappa shape index (κ1) is 16.8. The average molecular weight is 366 g/mol. The molecule has 0 aliphatic carbocycles. The largest absolute Gasteiger partial charge is 0.464 e. The summed E-state index contributed by atoms with van der Waals surface area (Å²) in [5.41, 5.74) is 4.72. The second-order valence-electron chi connectivity index (χ2n) is 7.53. The third-order valence-corrected chi connectivity index (χ3v) is 5.79. The Labute approximate surface area is 158 Å². The first-order chi connectivity index (χ1) is 13.2. The minimum Gasteiger partial charge on any atom is -0.464 e. The zero-order chi connectivity index (χ0) is 18.4. The van der Waals surface area contributed by atoms with Gasteiger partial charge >= 0.3 is 0 Å². The SMILES string of the molecule is CN1Cc2c(ccc(N3CCOCC3)c2F)C(c2ccc3occc3c2)C1. The lowest BCUT2D eigenvalue weighted by atomic mass is 9.84. The standard InChI is InChI=1S/C22H23FN2O2/c1-24-13-18(15-2-5-21-16(12-15)6-9-27-21)17-3-4-20(22(23)19(17)14-24)25-7-10-26-11-8-25/h2-6,9,12,18H,7-8,10-11,13-14H2,1H3. The third kappa shape index (κ3) is 2.91. The Kier molecular flexibility index (Phi) is 4.14. The van der Waals surface area contributed by atoms with Crippen molar-refractivity contribution >= 4 is 16.7 Å². The lowest BCUT2D eigenvalue weighted by molar-refractivity contribution is 0.122. The molecule has 3 aromatic rings. The molecule has 1 aromatic heterocycles. The Morgan fingerprint density at radius 3 is 2.78 bits per heavy atom. The number of hydrogen-bond acceptors (Lipinski definition) is 4. The minimum absolute atomic E-state index is 0.0738. The summed E-state index contributed by atoms with van der Waals surface area (Å²) >= 11 is 0. The number of likely N-dealkylation sites (N-methyl/N-ethyl adjacent to an activating group) is 1. The highest BCUT2D eigenvalue weighted by Crippen LogP contribution is 2.38. The molecule has 1 fully saturated rings. The molecule has 0 saturated carbocycles. The van der Waals surface area contributed by atoms with Crippen LogP contribution in [-0.4, -0.2) is 44.8 Å². The Morgan fingerprint density at radius 2 is 1.93 bits per heavy atom. The first-order valence-corrected chi connectivity index (χ1v) is 9.50. The van der Waals surface area contributed by atoms with Crippen molar-refractivity contribution in [3.8, 4) is 0 Å². The number of hydrogen-bond donors (Lipinski definition) is 0. The molecular weight excluding hydrogens is 343 g/mol. The van der Waals surface area contributed by atoms with E-state index in [1.54, 1.807) is 6.26 Å². The quantitative estimate of drug-likeness (QED) is 0.686. The molecular formula is C22H23FN2O2. The maximum absolute atomic E-state index is 15.5. The van der Waals surface area contributed by atoms with Crippen LogP contribution in [0, 0.1) is 5.82 Å². The average Bonchev–Trinajstić information content (AvgIpc) is 3.17. The summed E-state index contributed by atoms with van der Waals surface area (Å²) in [6.45, 7) is 4.32. The van der Waals surface area contributed by atoms with Crippen LogP contribution >= 0.6 is 0 Å². The Bertz CT molecular complexity index is 978. The highest BCUT2D eigenvalue weighted by atomic mass is 19.1. The van der Waals surface area contributed by atoms with Gasteiger partial charge in [-0.1, -0.05) is 12.1 Å². The van der Waals surface area contributed by atoms with E-state index in [0.717, 1.165) is 41.7 Å². The maximum Gasteiger partial charge on any atom is 0.151 e. The summed E-state index contributed by atoms with van der Waals surface area (Å²) in [6, 6.07) is 12.3. The molecule has 3 heterocycles. The van der Waals surface area contributed by atoms with Gasteiger partial charge in [0.1, 0.15) is 5.58 Å². The molecule has 2 aliphatic rings. The minimum atomic E-state index is -0.0738. The van der Waals surface area contributed by atoms with Crippen molar-refractivity contribution in [2.45, 2.75) is 12.5 Å². The van der Waals surface area contributed by atoms with Gasteiger partial charge in [0.05, 0.1) is 25.2 Å². The van der Waals surface area contributed by atoms with Crippen molar-refractivity contribution in [1.82, 2.24) is 4.90 Å². The van der Waals surface area contributed by atoms with E-state index in [1.165, 1.54) is 5.56 Å². The van der Waals surface area contributed by atoms with Gasteiger partial charge in [0, 0.05) is 43.0 Å². The van der Waals surface area contributed by atoms with Gasteiger partial charge in [-0.25, -0.2) is 4.39 Å². The van der Waals surface area contributed by atoms with Crippen molar-refractivity contribution in [2.75, 3.05) is 44.8 Å². The number of morpholine rings is 1. The predicted molar refractivity (Wildman–Crippen MR) is 104 cm³/mol. The van der Waals surface area contributed by atoms with Crippen LogP contribution < -0.4 is 4.90 Å². The van der Waals surface area contributed by atoms with Gasteiger partial charge in [0.15, 0.2) is 5.82 Å². The number of benzene rings is 2. The predicted octanol–water partition coefficient (Wildman–Crippen LogP) is 3.99. The van der Waals surface area contributed by atoms with Crippen LogP contribution in [0.4, 0.5) is 10.1 Å². The zero-order valence-corrected chi connectivity index (χ0v) is 15.5. The van der Waals surface area contributed by atoms with E-state index in [4.69, 9.17) is 9.15 Å². The smallest absolute Gasteiger partial charge is 0.151 e. The van der Waals surface area contributed by atoms with Crippen LogP contribution in [0.3, 0.4) is 0 Å². The molecule has 0 amide bonds. The number of ether oxygens (including phenoxy) is 1. The number of furan rings is 1. The lowest BCUT2D eigenvalue weighted by Crippen LogP contribution is -2.38. The van der Waals surface area contributed by atoms with E-state index >= 15 is 4.39 Å². The summed E-state index contributed by atoms with van der Waals surface area (Å²) < 4.78 is 26.4. The second kappa shape index (κ2) is 6.66. The van der Waals surface area contributed by atoms with E-state index in [1.807, 2.05) is 18.2 Å². The van der Waals surface area contributed by atoms with Gasteiger partial charge in [-0.05, 0) is 42.4 Å². The molecule has 2 aliphatic heterocycles. The topological polar surface area (TPSA) is 28.9 Å². The Balaban J connectivity index is 1.57. The van der Waals surface area contributed by atoms with Gasteiger partial charge in [-0.15, -0.1) is 0 Å². The lowest BCUT2D eigenvalue weighted by Gasteiger charge is -2.35. The molecule has 4 nitrogen and oxygen atoms in total. The summed E-state index contributed by atoms with van der Waals surface area (Å²) in [7, 11) is 2.06. The fraction of sp³-hybridized carbons (Fsp3) is 0.364. The number of halogens is 1. The van der Waals surface area contributed by atoms with Gasteiger partial charge < -0.3 is 19.0 Å². The van der Waals surface area contributed by atoms with Crippen LogP contribution in [0.2, 0.25) is 0 Å². The van der Waals surface area contributed by atoms with Crippen molar-refractivity contribution in [2.24, 2.45) is 0 Å². The molecule has 0 bridgehead atoms. The van der Waals surface area contributed by atoms with Crippen LogP contribution in [0.15, 0.2) is 47.1 Å². The van der Waals surface area contributed by atoms with Crippen LogP contribution in [-0.2, 0) is 11.3 Å². The normalized spacial score (nSPS) is 20.8. The molecule has 5 rings (SSSR count). The molecule has 1 atom stereocenters. The van der Waals surface area contributed by atoms with E-state index < -0.39 is 0 Å². The van der Waals surface area contributed by atoms with Crippen molar-refractivity contribution < 1.29 is 13.5 Å².